The maximum Gasteiger partial charge on any atom is 0.182 e. The highest BCUT2D eigenvalue weighted by atomic mass is 35.5. The summed E-state index contributed by atoms with van der Waals surface area (Å²) in [6, 6.07) is 2.71. The fourth-order valence-corrected chi connectivity index (χ4v) is 1.43. The van der Waals surface area contributed by atoms with E-state index in [-0.39, 0.29) is 27.2 Å². The van der Waals surface area contributed by atoms with E-state index < -0.39 is 5.78 Å². The van der Waals surface area contributed by atoms with Crippen LogP contribution in [0.5, 0.6) is 5.75 Å². The monoisotopic (exact) mass is 238 g/mol. The molecule has 1 aromatic carbocycles. The summed E-state index contributed by atoms with van der Waals surface area (Å²) in [6.45, 7) is 0. The first-order chi connectivity index (χ1) is 6.07. The van der Waals surface area contributed by atoms with Crippen molar-refractivity contribution in [1.82, 2.24) is 0 Å². The zero-order valence-corrected chi connectivity index (χ0v) is 8.62. The van der Waals surface area contributed by atoms with E-state index in [0.29, 0.717) is 0 Å². The minimum Gasteiger partial charge on any atom is -0.507 e. The number of carbonyl (C=O) groups excluding carboxylic acids is 1. The van der Waals surface area contributed by atoms with Crippen LogP contribution in [0.3, 0.4) is 0 Å². The van der Waals surface area contributed by atoms with Crippen LogP contribution in [-0.2, 0) is 0 Å². The number of Topliss-reactive ketones (excluding diaryl/α,β-unsaturated/α-hetero) is 1. The maximum atomic E-state index is 11.2. The van der Waals surface area contributed by atoms with Crippen molar-refractivity contribution in [2.45, 2.75) is 0 Å². The van der Waals surface area contributed by atoms with Crippen LogP contribution in [0.2, 0.25) is 10.0 Å². The van der Waals surface area contributed by atoms with E-state index in [9.17, 15) is 9.90 Å². The van der Waals surface area contributed by atoms with Crippen molar-refractivity contribution in [2.75, 3.05) is 5.88 Å². The maximum absolute atomic E-state index is 11.2. The van der Waals surface area contributed by atoms with Gasteiger partial charge in [0.25, 0.3) is 0 Å². The van der Waals surface area contributed by atoms with E-state index >= 15 is 0 Å². The van der Waals surface area contributed by atoms with Gasteiger partial charge in [0.15, 0.2) is 5.78 Å². The Hall–Kier alpha value is -0.440. The molecule has 0 atom stereocenters. The Labute approximate surface area is 90.0 Å². The Balaban J connectivity index is 3.33. The minimum absolute atomic E-state index is 0.0239. The van der Waals surface area contributed by atoms with Gasteiger partial charge in [-0.3, -0.25) is 4.79 Å². The molecule has 0 spiro atoms. The molecule has 0 heterocycles. The number of ketones is 1. The van der Waals surface area contributed by atoms with Crippen LogP contribution >= 0.6 is 34.8 Å². The molecule has 13 heavy (non-hydrogen) atoms. The lowest BCUT2D eigenvalue weighted by Gasteiger charge is -2.04. The lowest BCUT2D eigenvalue weighted by molar-refractivity contribution is 0.101. The van der Waals surface area contributed by atoms with Crippen molar-refractivity contribution in [3.05, 3.63) is 27.7 Å². The number of hydrogen-bond donors (Lipinski definition) is 1. The van der Waals surface area contributed by atoms with Crippen LogP contribution in [0, 0.1) is 0 Å². The van der Waals surface area contributed by atoms with Crippen LogP contribution < -0.4 is 0 Å². The Morgan fingerprint density at radius 3 is 2.54 bits per heavy atom. The molecular formula is C8H5Cl3O2. The molecule has 0 unspecified atom stereocenters. The fourth-order valence-electron chi connectivity index (χ4n) is 0.873. The van der Waals surface area contributed by atoms with Gasteiger partial charge in [0.2, 0.25) is 0 Å². The third-order valence-electron chi connectivity index (χ3n) is 1.47. The second-order valence-corrected chi connectivity index (χ2v) is 3.36. The first-order valence-electron chi connectivity index (χ1n) is 3.34. The highest BCUT2D eigenvalue weighted by Gasteiger charge is 2.16. The minimum atomic E-state index is -0.452. The molecule has 0 saturated heterocycles. The third-order valence-corrected chi connectivity index (χ3v) is 2.52. The number of halogens is 3. The summed E-state index contributed by atoms with van der Waals surface area (Å²) >= 11 is 16.7. The Morgan fingerprint density at radius 2 is 2.00 bits per heavy atom. The summed E-state index contributed by atoms with van der Waals surface area (Å²) in [5.74, 6) is -0.903. The smallest absolute Gasteiger partial charge is 0.182 e. The SMILES string of the molecule is O=C(CCl)c1c(O)ccc(Cl)c1Cl. The van der Waals surface area contributed by atoms with Crippen molar-refractivity contribution in [3.8, 4) is 5.75 Å². The Bertz CT molecular complexity index is 349. The summed E-state index contributed by atoms with van der Waals surface area (Å²) in [7, 11) is 0. The van der Waals surface area contributed by atoms with Crippen LogP contribution in [0.15, 0.2) is 12.1 Å². The highest BCUT2D eigenvalue weighted by molar-refractivity contribution is 6.45. The topological polar surface area (TPSA) is 37.3 Å². The molecule has 0 bridgehead atoms. The van der Waals surface area contributed by atoms with Crippen LogP contribution in [0.1, 0.15) is 10.4 Å². The largest absolute Gasteiger partial charge is 0.507 e. The van der Waals surface area contributed by atoms with Gasteiger partial charge in [-0.1, -0.05) is 23.2 Å². The summed E-state index contributed by atoms with van der Waals surface area (Å²) in [5, 5.41) is 9.54. The molecule has 0 fully saturated rings. The second kappa shape index (κ2) is 4.18. The van der Waals surface area contributed by atoms with Gasteiger partial charge in [-0.15, -0.1) is 11.6 Å². The third kappa shape index (κ3) is 2.08. The lowest BCUT2D eigenvalue weighted by Crippen LogP contribution is -2.01. The zero-order chi connectivity index (χ0) is 10.0. The van der Waals surface area contributed by atoms with E-state index in [0.717, 1.165) is 0 Å². The molecule has 1 rings (SSSR count). The molecule has 70 valence electrons. The molecular weight excluding hydrogens is 234 g/mol. The summed E-state index contributed by atoms with van der Waals surface area (Å²) in [4.78, 5) is 11.2. The highest BCUT2D eigenvalue weighted by Crippen LogP contribution is 2.32. The number of benzene rings is 1. The number of phenols is 1. The fraction of sp³-hybridized carbons (Fsp3) is 0.125. The van der Waals surface area contributed by atoms with Gasteiger partial charge in [-0.05, 0) is 12.1 Å². The van der Waals surface area contributed by atoms with Gasteiger partial charge in [0.1, 0.15) is 5.75 Å². The molecule has 1 N–H and O–H groups in total. The van der Waals surface area contributed by atoms with Crippen molar-refractivity contribution in [2.24, 2.45) is 0 Å². The molecule has 5 heteroatoms. The molecule has 0 aliphatic carbocycles. The number of alkyl halides is 1. The summed E-state index contributed by atoms with van der Waals surface area (Å²) in [6.07, 6.45) is 0. The van der Waals surface area contributed by atoms with Crippen molar-refractivity contribution >= 4 is 40.6 Å². The van der Waals surface area contributed by atoms with Crippen molar-refractivity contribution in [1.29, 1.82) is 0 Å². The van der Waals surface area contributed by atoms with E-state index in [2.05, 4.69) is 0 Å². The van der Waals surface area contributed by atoms with Gasteiger partial charge in [-0.2, -0.15) is 0 Å². The van der Waals surface area contributed by atoms with Gasteiger partial charge < -0.3 is 5.11 Å². The Kier molecular flexibility index (Phi) is 3.42. The van der Waals surface area contributed by atoms with Gasteiger partial charge in [0.05, 0.1) is 21.5 Å². The summed E-state index contributed by atoms with van der Waals surface area (Å²) in [5.41, 5.74) is -0.0239. The molecule has 1 aromatic rings. The van der Waals surface area contributed by atoms with E-state index in [1.165, 1.54) is 12.1 Å². The molecule has 0 amide bonds. The molecule has 0 aliphatic heterocycles. The molecule has 0 saturated carbocycles. The predicted molar refractivity (Wildman–Crippen MR) is 53.2 cm³/mol. The summed E-state index contributed by atoms with van der Waals surface area (Å²) < 4.78 is 0. The van der Waals surface area contributed by atoms with E-state index in [1.54, 1.807) is 0 Å². The second-order valence-electron chi connectivity index (χ2n) is 2.31. The number of hydrogen-bond acceptors (Lipinski definition) is 2. The predicted octanol–water partition coefficient (Wildman–Crippen LogP) is 3.12. The lowest BCUT2D eigenvalue weighted by atomic mass is 10.1. The number of rotatable bonds is 2. The first-order valence-corrected chi connectivity index (χ1v) is 4.63. The Morgan fingerprint density at radius 1 is 1.38 bits per heavy atom. The zero-order valence-electron chi connectivity index (χ0n) is 6.35. The first kappa shape index (κ1) is 10.6. The average molecular weight is 239 g/mol. The van der Waals surface area contributed by atoms with E-state index in [4.69, 9.17) is 34.8 Å². The molecule has 0 aromatic heterocycles. The molecule has 0 radical (unpaired) electrons. The number of aromatic hydroxyl groups is 1. The molecule has 2 nitrogen and oxygen atoms in total. The van der Waals surface area contributed by atoms with Crippen LogP contribution in [-0.4, -0.2) is 16.8 Å². The van der Waals surface area contributed by atoms with Gasteiger partial charge >= 0.3 is 0 Å². The van der Waals surface area contributed by atoms with Crippen molar-refractivity contribution < 1.29 is 9.90 Å². The van der Waals surface area contributed by atoms with Crippen molar-refractivity contribution in [3.63, 3.8) is 0 Å². The normalized spacial score (nSPS) is 10.1. The number of phenolic OH excluding ortho intramolecular Hbond substituents is 1. The standard InChI is InChI=1S/C8H5Cl3O2/c9-3-6(13)7-5(12)2-1-4(10)8(7)11/h1-2,12H,3H2. The quantitative estimate of drug-likeness (QED) is 0.636. The van der Waals surface area contributed by atoms with Crippen LogP contribution in [0.25, 0.3) is 0 Å². The number of carbonyl (C=O) groups is 1. The van der Waals surface area contributed by atoms with Crippen LogP contribution in [0.4, 0.5) is 0 Å². The molecule has 0 aliphatic rings. The van der Waals surface area contributed by atoms with Gasteiger partial charge in [0, 0.05) is 0 Å². The van der Waals surface area contributed by atoms with E-state index in [1.807, 2.05) is 0 Å². The van der Waals surface area contributed by atoms with Gasteiger partial charge in [-0.25, -0.2) is 0 Å². The average Bonchev–Trinajstić information content (AvgIpc) is 2.12.